The maximum atomic E-state index is 11.7. The topological polar surface area (TPSA) is 46.5 Å². The summed E-state index contributed by atoms with van der Waals surface area (Å²) in [5, 5.41) is 9.57. The van der Waals surface area contributed by atoms with Crippen molar-refractivity contribution in [3.05, 3.63) is 106 Å². The van der Waals surface area contributed by atoms with Crippen molar-refractivity contribution in [2.24, 2.45) is 0 Å². The van der Waals surface area contributed by atoms with Crippen LogP contribution in [0.3, 0.4) is 0 Å². The Bertz CT molecular complexity index is 1170. The number of allylic oxidation sites excluding steroid dienone is 2. The lowest BCUT2D eigenvalue weighted by atomic mass is 9.94. The van der Waals surface area contributed by atoms with Crippen molar-refractivity contribution >= 4 is 23.2 Å². The van der Waals surface area contributed by atoms with Crippen LogP contribution in [0.1, 0.15) is 47.6 Å². The summed E-state index contributed by atoms with van der Waals surface area (Å²) in [4.78, 5) is 11.7. The van der Waals surface area contributed by atoms with Crippen molar-refractivity contribution < 1.29 is 14.6 Å². The summed E-state index contributed by atoms with van der Waals surface area (Å²) in [7, 11) is 1.64. The summed E-state index contributed by atoms with van der Waals surface area (Å²) in [6.45, 7) is 2.08. The first-order chi connectivity index (χ1) is 15.1. The van der Waals surface area contributed by atoms with Gasteiger partial charge in [0.05, 0.1) is 13.5 Å². The van der Waals surface area contributed by atoms with Crippen molar-refractivity contribution in [3.63, 3.8) is 0 Å². The first kappa shape index (κ1) is 20.7. The average Bonchev–Trinajstić information content (AvgIpc) is 3.07. The number of methoxy groups -OCH3 is 1. The van der Waals surface area contributed by atoms with Gasteiger partial charge in [-0.15, -0.1) is 0 Å². The van der Waals surface area contributed by atoms with Crippen molar-refractivity contribution in [1.29, 1.82) is 0 Å². The first-order valence-electron chi connectivity index (χ1n) is 10.6. The van der Waals surface area contributed by atoms with E-state index in [4.69, 9.17) is 4.74 Å². The molecule has 3 heteroatoms. The number of hydrogen-bond donors (Lipinski definition) is 1. The summed E-state index contributed by atoms with van der Waals surface area (Å²) in [6, 6.07) is 24.8. The van der Waals surface area contributed by atoms with Crippen LogP contribution in [-0.4, -0.2) is 18.2 Å². The van der Waals surface area contributed by atoms with Gasteiger partial charge in [0.15, 0.2) is 0 Å². The molecular weight excluding hydrogens is 384 g/mol. The molecule has 0 amide bonds. The number of hydrogen-bond acceptors (Lipinski definition) is 2. The molecule has 31 heavy (non-hydrogen) atoms. The molecule has 0 heterocycles. The summed E-state index contributed by atoms with van der Waals surface area (Å²) < 4.78 is 5.61. The van der Waals surface area contributed by atoms with E-state index in [2.05, 4.69) is 67.6 Å². The number of carboxylic acid groups (broad SMARTS) is 1. The standard InChI is InChI=1S/C28H26O3/c1-3-22-24(23-14-9-15-26(31-2)28(23)25(22)18-27(29)30)17-21-13-8-7-12-20(21)16-19-10-5-4-6-11-19/h4-15,17H,3,16,18H2,1-2H3,(H,29,30). The highest BCUT2D eigenvalue weighted by Gasteiger charge is 2.29. The third-order valence-corrected chi connectivity index (χ3v) is 5.80. The fourth-order valence-electron chi connectivity index (χ4n) is 4.44. The van der Waals surface area contributed by atoms with E-state index in [1.807, 2.05) is 18.2 Å². The molecule has 3 aromatic carbocycles. The molecule has 3 nitrogen and oxygen atoms in total. The van der Waals surface area contributed by atoms with Gasteiger partial charge in [-0.25, -0.2) is 0 Å². The molecule has 0 fully saturated rings. The van der Waals surface area contributed by atoms with E-state index in [1.165, 1.54) is 11.1 Å². The summed E-state index contributed by atoms with van der Waals surface area (Å²) >= 11 is 0. The zero-order valence-corrected chi connectivity index (χ0v) is 17.9. The summed E-state index contributed by atoms with van der Waals surface area (Å²) in [5.74, 6) is -0.107. The lowest BCUT2D eigenvalue weighted by molar-refractivity contribution is -0.135. The van der Waals surface area contributed by atoms with Crippen LogP contribution in [0.4, 0.5) is 0 Å². The van der Waals surface area contributed by atoms with Gasteiger partial charge in [0, 0.05) is 5.56 Å². The maximum absolute atomic E-state index is 11.7. The highest BCUT2D eigenvalue weighted by Crippen LogP contribution is 2.48. The van der Waals surface area contributed by atoms with Crippen molar-refractivity contribution in [1.82, 2.24) is 0 Å². The first-order valence-corrected chi connectivity index (χ1v) is 10.6. The van der Waals surface area contributed by atoms with Crippen LogP contribution in [0.15, 0.2) is 78.4 Å². The molecule has 0 aliphatic heterocycles. The Morgan fingerprint density at radius 2 is 1.68 bits per heavy atom. The van der Waals surface area contributed by atoms with Gasteiger partial charge >= 0.3 is 5.97 Å². The molecule has 0 aromatic heterocycles. The minimum absolute atomic E-state index is 0.0143. The number of rotatable bonds is 7. The SMILES string of the molecule is CCC1=C(CC(=O)O)c2c(OC)cccc2C1=Cc1ccccc1Cc1ccccc1. The molecule has 0 spiro atoms. The minimum Gasteiger partial charge on any atom is -0.496 e. The predicted molar refractivity (Wildman–Crippen MR) is 126 cm³/mol. The van der Waals surface area contributed by atoms with Gasteiger partial charge in [-0.2, -0.15) is 0 Å². The Labute approximate surface area is 183 Å². The normalized spacial score (nSPS) is 14.1. The van der Waals surface area contributed by atoms with Gasteiger partial charge in [-0.3, -0.25) is 4.79 Å². The Morgan fingerprint density at radius 1 is 0.935 bits per heavy atom. The Kier molecular flexibility index (Phi) is 6.03. The largest absolute Gasteiger partial charge is 0.496 e. The van der Waals surface area contributed by atoms with E-state index >= 15 is 0 Å². The number of benzene rings is 3. The van der Waals surface area contributed by atoms with Crippen LogP contribution in [-0.2, 0) is 11.2 Å². The minimum atomic E-state index is -0.830. The Hall–Kier alpha value is -3.59. The van der Waals surface area contributed by atoms with Crippen LogP contribution < -0.4 is 4.74 Å². The molecule has 1 aliphatic carbocycles. The fraction of sp³-hybridized carbons (Fsp3) is 0.179. The Morgan fingerprint density at radius 3 is 2.39 bits per heavy atom. The number of carboxylic acids is 1. The third kappa shape index (κ3) is 4.17. The lowest BCUT2D eigenvalue weighted by Crippen LogP contribution is -1.99. The van der Waals surface area contributed by atoms with E-state index < -0.39 is 5.97 Å². The molecule has 4 rings (SSSR count). The van der Waals surface area contributed by atoms with Crippen LogP contribution in [0.5, 0.6) is 5.75 Å². The molecule has 0 radical (unpaired) electrons. The maximum Gasteiger partial charge on any atom is 0.307 e. The smallest absolute Gasteiger partial charge is 0.307 e. The van der Waals surface area contributed by atoms with E-state index in [0.717, 1.165) is 52.0 Å². The molecule has 0 atom stereocenters. The molecule has 156 valence electrons. The van der Waals surface area contributed by atoms with Gasteiger partial charge in [0.2, 0.25) is 0 Å². The van der Waals surface area contributed by atoms with Crippen LogP contribution in [0, 0.1) is 0 Å². The van der Waals surface area contributed by atoms with E-state index in [0.29, 0.717) is 0 Å². The molecular formula is C28H26O3. The van der Waals surface area contributed by atoms with Crippen molar-refractivity contribution in [3.8, 4) is 5.75 Å². The number of ether oxygens (including phenoxy) is 1. The highest BCUT2D eigenvalue weighted by molar-refractivity contribution is 6.09. The Balaban J connectivity index is 1.87. The molecule has 3 aromatic rings. The van der Waals surface area contributed by atoms with Crippen molar-refractivity contribution in [2.75, 3.05) is 7.11 Å². The fourth-order valence-corrected chi connectivity index (χ4v) is 4.44. The predicted octanol–water partition coefficient (Wildman–Crippen LogP) is 6.48. The number of fused-ring (bicyclic) bond motifs is 1. The highest BCUT2D eigenvalue weighted by atomic mass is 16.5. The molecule has 0 saturated heterocycles. The second-order valence-electron chi connectivity index (χ2n) is 7.68. The second kappa shape index (κ2) is 9.05. The van der Waals surface area contributed by atoms with Crippen LogP contribution >= 0.6 is 0 Å². The van der Waals surface area contributed by atoms with E-state index in [1.54, 1.807) is 7.11 Å². The zero-order valence-electron chi connectivity index (χ0n) is 17.9. The molecule has 1 N–H and O–H groups in total. The van der Waals surface area contributed by atoms with Gasteiger partial charge in [0.25, 0.3) is 0 Å². The molecule has 1 aliphatic rings. The van der Waals surface area contributed by atoms with E-state index in [9.17, 15) is 9.90 Å². The van der Waals surface area contributed by atoms with Crippen molar-refractivity contribution in [2.45, 2.75) is 26.2 Å². The van der Waals surface area contributed by atoms with Crippen LogP contribution in [0.2, 0.25) is 0 Å². The van der Waals surface area contributed by atoms with Gasteiger partial charge < -0.3 is 9.84 Å². The third-order valence-electron chi connectivity index (χ3n) is 5.80. The monoisotopic (exact) mass is 410 g/mol. The quantitative estimate of drug-likeness (QED) is 0.485. The lowest BCUT2D eigenvalue weighted by Gasteiger charge is -2.11. The van der Waals surface area contributed by atoms with E-state index in [-0.39, 0.29) is 6.42 Å². The van der Waals surface area contributed by atoms with Gasteiger partial charge in [-0.1, -0.05) is 73.7 Å². The summed E-state index contributed by atoms with van der Waals surface area (Å²) in [6.07, 6.45) is 3.80. The number of carbonyl (C=O) groups is 1. The van der Waals surface area contributed by atoms with Gasteiger partial charge in [-0.05, 0) is 64.0 Å². The van der Waals surface area contributed by atoms with Crippen LogP contribution in [0.25, 0.3) is 17.2 Å². The summed E-state index contributed by atoms with van der Waals surface area (Å²) in [5.41, 5.74) is 8.64. The molecule has 0 bridgehead atoms. The molecule has 0 unspecified atom stereocenters. The molecule has 0 saturated carbocycles. The average molecular weight is 411 g/mol. The van der Waals surface area contributed by atoms with Gasteiger partial charge in [0.1, 0.15) is 5.75 Å². The second-order valence-corrected chi connectivity index (χ2v) is 7.68. The number of aliphatic carboxylic acids is 1. The zero-order chi connectivity index (χ0) is 21.8.